The standard InChI is InChI=1S/C29H26N2O4/c1-33-21-12-10-19(11-13-21)18-31-24-7-3-2-6-22(24)30-23-16-20(26-8-4-14-34-26)17-25(32)28(23)29(31)27-9-5-15-35-27/h2-15,20,29-30H,16-18H2,1H3. The average Bonchev–Trinajstić information content (AvgIpc) is 3.59. The number of benzene rings is 2. The molecule has 1 aliphatic heterocycles. The number of nitrogens with one attached hydrogen (secondary N) is 1. The Bertz CT molecular complexity index is 1350. The van der Waals surface area contributed by atoms with Crippen molar-refractivity contribution in [1.82, 2.24) is 0 Å². The quantitative estimate of drug-likeness (QED) is 0.364. The zero-order valence-corrected chi connectivity index (χ0v) is 19.4. The number of nitrogens with zero attached hydrogens (tertiary/aromatic N) is 1. The molecule has 0 fully saturated rings. The first kappa shape index (κ1) is 21.4. The van der Waals surface area contributed by atoms with E-state index < -0.39 is 0 Å². The molecule has 176 valence electrons. The van der Waals surface area contributed by atoms with Gasteiger partial charge in [-0.25, -0.2) is 0 Å². The zero-order chi connectivity index (χ0) is 23.8. The highest BCUT2D eigenvalue weighted by Gasteiger charge is 2.41. The molecular weight excluding hydrogens is 440 g/mol. The Morgan fingerprint density at radius 2 is 1.66 bits per heavy atom. The number of hydrogen-bond acceptors (Lipinski definition) is 6. The Kier molecular flexibility index (Phi) is 5.41. The first-order valence-electron chi connectivity index (χ1n) is 11.8. The van der Waals surface area contributed by atoms with Crippen molar-refractivity contribution in [2.75, 3.05) is 17.3 Å². The number of ether oxygens (including phenoxy) is 1. The van der Waals surface area contributed by atoms with Crippen LogP contribution in [0, 0.1) is 0 Å². The fourth-order valence-corrected chi connectivity index (χ4v) is 5.23. The maximum Gasteiger partial charge on any atom is 0.163 e. The fourth-order valence-electron chi connectivity index (χ4n) is 5.23. The molecule has 1 aliphatic carbocycles. The topological polar surface area (TPSA) is 67.8 Å². The van der Waals surface area contributed by atoms with Crippen molar-refractivity contribution in [2.45, 2.75) is 31.3 Å². The Morgan fingerprint density at radius 1 is 0.914 bits per heavy atom. The molecule has 0 radical (unpaired) electrons. The van der Waals surface area contributed by atoms with E-state index in [1.54, 1.807) is 19.6 Å². The summed E-state index contributed by atoms with van der Waals surface area (Å²) in [5.74, 6) is 2.50. The number of para-hydroxylation sites is 2. The SMILES string of the molecule is COc1ccc(CN2c3ccccc3NC3=C(C(=O)CC(c4ccco4)C3)C2c2ccco2)cc1. The molecule has 6 nitrogen and oxygen atoms in total. The monoisotopic (exact) mass is 466 g/mol. The summed E-state index contributed by atoms with van der Waals surface area (Å²) in [4.78, 5) is 16.1. The summed E-state index contributed by atoms with van der Waals surface area (Å²) in [7, 11) is 1.66. The van der Waals surface area contributed by atoms with Gasteiger partial charge in [0.1, 0.15) is 23.3 Å². The minimum absolute atomic E-state index is 0.00121. The third-order valence-corrected chi connectivity index (χ3v) is 6.86. The van der Waals surface area contributed by atoms with Crippen LogP contribution >= 0.6 is 0 Å². The number of rotatable bonds is 5. The second-order valence-corrected chi connectivity index (χ2v) is 8.97. The van der Waals surface area contributed by atoms with Crippen LogP contribution in [0.4, 0.5) is 11.4 Å². The van der Waals surface area contributed by atoms with Crippen LogP contribution in [0.15, 0.2) is 105 Å². The molecule has 2 unspecified atom stereocenters. The van der Waals surface area contributed by atoms with Crippen molar-refractivity contribution in [3.8, 4) is 5.75 Å². The van der Waals surface area contributed by atoms with Crippen LogP contribution < -0.4 is 15.0 Å². The summed E-state index contributed by atoms with van der Waals surface area (Å²) >= 11 is 0. The number of fused-ring (bicyclic) bond motifs is 1. The minimum atomic E-state index is -0.358. The van der Waals surface area contributed by atoms with Crippen molar-refractivity contribution in [2.24, 2.45) is 0 Å². The van der Waals surface area contributed by atoms with E-state index in [1.165, 1.54) is 0 Å². The van der Waals surface area contributed by atoms with Gasteiger partial charge in [0, 0.05) is 30.2 Å². The van der Waals surface area contributed by atoms with Gasteiger partial charge in [-0.05, 0) is 60.5 Å². The number of Topliss-reactive ketones (excluding diaryl/α,β-unsaturated/α-hetero) is 1. The maximum absolute atomic E-state index is 13.8. The van der Waals surface area contributed by atoms with Gasteiger partial charge in [0.25, 0.3) is 0 Å². The minimum Gasteiger partial charge on any atom is -0.497 e. The number of methoxy groups -OCH3 is 1. The first-order chi connectivity index (χ1) is 17.2. The van der Waals surface area contributed by atoms with Gasteiger partial charge in [-0.2, -0.15) is 0 Å². The Labute approximate surface area is 203 Å². The van der Waals surface area contributed by atoms with Gasteiger partial charge >= 0.3 is 0 Å². The number of hydrogen-bond donors (Lipinski definition) is 1. The van der Waals surface area contributed by atoms with E-state index in [1.807, 2.05) is 48.5 Å². The lowest BCUT2D eigenvalue weighted by Crippen LogP contribution is -2.33. The van der Waals surface area contributed by atoms with E-state index in [2.05, 4.69) is 34.5 Å². The van der Waals surface area contributed by atoms with E-state index >= 15 is 0 Å². The molecule has 2 aromatic carbocycles. The molecule has 2 aliphatic rings. The van der Waals surface area contributed by atoms with E-state index in [9.17, 15) is 4.79 Å². The molecule has 0 spiro atoms. The summed E-state index contributed by atoms with van der Waals surface area (Å²) in [6.45, 7) is 0.597. The van der Waals surface area contributed by atoms with Crippen LogP contribution in [0.1, 0.15) is 41.9 Å². The number of ketones is 1. The van der Waals surface area contributed by atoms with Crippen molar-refractivity contribution >= 4 is 17.2 Å². The summed E-state index contributed by atoms with van der Waals surface area (Å²) in [5.41, 5.74) is 4.77. The van der Waals surface area contributed by atoms with Crippen LogP contribution in [0.5, 0.6) is 5.75 Å². The summed E-state index contributed by atoms with van der Waals surface area (Å²) < 4.78 is 17.0. The van der Waals surface area contributed by atoms with Crippen molar-refractivity contribution in [1.29, 1.82) is 0 Å². The summed E-state index contributed by atoms with van der Waals surface area (Å²) in [6.07, 6.45) is 4.43. The summed E-state index contributed by atoms with van der Waals surface area (Å²) in [5, 5.41) is 3.62. The van der Waals surface area contributed by atoms with E-state index in [0.29, 0.717) is 19.4 Å². The second kappa shape index (κ2) is 8.87. The second-order valence-electron chi connectivity index (χ2n) is 8.97. The Hall–Kier alpha value is -4.19. The van der Waals surface area contributed by atoms with Crippen LogP contribution in [-0.2, 0) is 11.3 Å². The van der Waals surface area contributed by atoms with Gasteiger partial charge in [0.05, 0.1) is 31.0 Å². The fraction of sp³-hybridized carbons (Fsp3) is 0.207. The van der Waals surface area contributed by atoms with E-state index in [0.717, 1.165) is 45.5 Å². The molecule has 2 aromatic heterocycles. The lowest BCUT2D eigenvalue weighted by atomic mass is 9.81. The molecule has 1 N–H and O–H groups in total. The molecule has 2 atom stereocenters. The van der Waals surface area contributed by atoms with Gasteiger partial charge in [0.15, 0.2) is 5.78 Å². The van der Waals surface area contributed by atoms with Crippen LogP contribution in [0.3, 0.4) is 0 Å². The van der Waals surface area contributed by atoms with E-state index in [4.69, 9.17) is 13.6 Å². The third kappa shape index (κ3) is 3.91. The Morgan fingerprint density at radius 3 is 2.37 bits per heavy atom. The van der Waals surface area contributed by atoms with Crippen molar-refractivity contribution in [3.63, 3.8) is 0 Å². The highest BCUT2D eigenvalue weighted by molar-refractivity contribution is 6.01. The third-order valence-electron chi connectivity index (χ3n) is 6.86. The van der Waals surface area contributed by atoms with Crippen LogP contribution in [0.2, 0.25) is 0 Å². The van der Waals surface area contributed by atoms with Gasteiger partial charge < -0.3 is 23.8 Å². The van der Waals surface area contributed by atoms with Crippen LogP contribution in [0.25, 0.3) is 0 Å². The van der Waals surface area contributed by atoms with Gasteiger partial charge in [-0.15, -0.1) is 0 Å². The Balaban J connectivity index is 1.49. The molecule has 0 bridgehead atoms. The van der Waals surface area contributed by atoms with Gasteiger partial charge in [0.2, 0.25) is 0 Å². The predicted octanol–water partition coefficient (Wildman–Crippen LogP) is 6.46. The predicted molar refractivity (Wildman–Crippen MR) is 133 cm³/mol. The molecule has 35 heavy (non-hydrogen) atoms. The zero-order valence-electron chi connectivity index (χ0n) is 19.4. The highest BCUT2D eigenvalue weighted by Crippen LogP contribution is 2.47. The lowest BCUT2D eigenvalue weighted by Gasteiger charge is -2.34. The molecule has 4 aromatic rings. The number of allylic oxidation sites excluding steroid dienone is 1. The number of furan rings is 2. The van der Waals surface area contributed by atoms with Gasteiger partial charge in [-0.3, -0.25) is 4.79 Å². The molecule has 0 saturated carbocycles. The first-order valence-corrected chi connectivity index (χ1v) is 11.8. The normalized spacial score (nSPS) is 19.6. The molecule has 3 heterocycles. The van der Waals surface area contributed by atoms with Gasteiger partial charge in [-0.1, -0.05) is 24.3 Å². The smallest absolute Gasteiger partial charge is 0.163 e. The number of anilines is 2. The number of carbonyl (C=O) groups excluding carboxylic acids is 1. The number of carbonyl (C=O) groups is 1. The largest absolute Gasteiger partial charge is 0.497 e. The van der Waals surface area contributed by atoms with E-state index in [-0.39, 0.29) is 17.7 Å². The summed E-state index contributed by atoms with van der Waals surface area (Å²) in [6, 6.07) is 23.5. The molecule has 6 heteroatoms. The van der Waals surface area contributed by atoms with Crippen molar-refractivity contribution in [3.05, 3.63) is 114 Å². The van der Waals surface area contributed by atoms with Crippen LogP contribution in [-0.4, -0.2) is 12.9 Å². The highest BCUT2D eigenvalue weighted by atomic mass is 16.5. The molecular formula is C29H26N2O4. The molecule has 0 saturated heterocycles. The molecule has 6 rings (SSSR count). The average molecular weight is 467 g/mol. The maximum atomic E-state index is 13.8. The lowest BCUT2D eigenvalue weighted by molar-refractivity contribution is -0.116. The molecule has 0 amide bonds. The van der Waals surface area contributed by atoms with Crippen molar-refractivity contribution < 1.29 is 18.4 Å².